The molecule has 0 saturated heterocycles. The second-order valence-electron chi connectivity index (χ2n) is 5.91. The van der Waals surface area contributed by atoms with Gasteiger partial charge in [-0.05, 0) is 0 Å². The van der Waals surface area contributed by atoms with Gasteiger partial charge in [-0.2, -0.15) is 0 Å². The molecule has 0 N–H and O–H groups in total. The van der Waals surface area contributed by atoms with E-state index >= 15 is 0 Å². The summed E-state index contributed by atoms with van der Waals surface area (Å²) in [7, 11) is 3.21. The van der Waals surface area contributed by atoms with Crippen molar-refractivity contribution in [3.8, 4) is 0 Å². The van der Waals surface area contributed by atoms with Crippen molar-refractivity contribution in [2.24, 2.45) is 10.8 Å². The summed E-state index contributed by atoms with van der Waals surface area (Å²) in [5, 5.41) is 0. The van der Waals surface area contributed by atoms with E-state index in [0.29, 0.717) is 10.8 Å². The van der Waals surface area contributed by atoms with Crippen molar-refractivity contribution in [1.29, 1.82) is 0 Å². The topological polar surface area (TPSA) is 0 Å². The molecule has 0 amide bonds. The Morgan fingerprint density at radius 2 is 1.14 bits per heavy atom. The van der Waals surface area contributed by atoms with Gasteiger partial charge in [-0.25, -0.2) is 0 Å². The third kappa shape index (κ3) is 3.00. The Labute approximate surface area is 104 Å². The summed E-state index contributed by atoms with van der Waals surface area (Å²) in [5.74, 6) is 0. The number of hydrogen-bond acceptors (Lipinski definition) is 0. The van der Waals surface area contributed by atoms with E-state index in [2.05, 4.69) is 57.1 Å². The van der Waals surface area contributed by atoms with Crippen LogP contribution in [-0.2, 0) is 0 Å². The van der Waals surface area contributed by atoms with Crippen LogP contribution in [0.4, 0.5) is 0 Å². The summed E-state index contributed by atoms with van der Waals surface area (Å²) < 4.78 is 3.72. The fraction of sp³-hybridized carbons (Fsp3) is 0.800. The molecule has 0 atom stereocenters. The Morgan fingerprint density at radius 3 is 1.29 bits per heavy atom. The van der Waals surface area contributed by atoms with Crippen LogP contribution >= 0.6 is 15.8 Å². The van der Waals surface area contributed by atoms with Crippen LogP contribution in [0.5, 0.6) is 0 Å². The summed E-state index contributed by atoms with van der Waals surface area (Å²) >= 11 is 1.74. The molecule has 0 aliphatic carbocycles. The third-order valence-electron chi connectivity index (χ3n) is 2.22. The average Bonchev–Trinajstić information content (AvgIpc) is 2.26. The molecule has 0 saturated carbocycles. The molecular formula is C10H18AsLiP2. The first-order valence-corrected chi connectivity index (χ1v) is 11.3. The minimum atomic E-state index is -0.792. The van der Waals surface area contributed by atoms with Gasteiger partial charge in [0.2, 0.25) is 0 Å². The standard InChI is InChI=1S/C10H18AsP2.Li/c1-9(2,3)7-11-8(13-12-7)10(4,5)6;/h1-6H3;/q-1;+1. The van der Waals surface area contributed by atoms with Crippen LogP contribution in [0.2, 0.25) is 0 Å². The van der Waals surface area contributed by atoms with Gasteiger partial charge in [-0.15, -0.1) is 0 Å². The summed E-state index contributed by atoms with van der Waals surface area (Å²) in [4.78, 5) is 0. The molecule has 0 fully saturated rings. The summed E-state index contributed by atoms with van der Waals surface area (Å²) in [6, 6.07) is 0. The second kappa shape index (κ2) is 4.40. The molecule has 0 aromatic heterocycles. The molecule has 4 heteroatoms. The third-order valence-corrected chi connectivity index (χ3v) is 17.5. The maximum atomic E-state index is 2.53. The molecule has 1 aliphatic rings. The molecule has 14 heavy (non-hydrogen) atoms. The van der Waals surface area contributed by atoms with Gasteiger partial charge in [-0.3, -0.25) is 0 Å². The van der Waals surface area contributed by atoms with Gasteiger partial charge in [0.1, 0.15) is 0 Å². The molecule has 0 unspecified atom stereocenters. The van der Waals surface area contributed by atoms with E-state index in [1.165, 1.54) is 0 Å². The Bertz CT molecular complexity index is 264. The Hall–Kier alpha value is 1.50. The first kappa shape index (κ1) is 13.6. The van der Waals surface area contributed by atoms with Gasteiger partial charge in [0.15, 0.2) is 0 Å². The molecule has 1 heterocycles. The SMILES string of the molecule is [Li][As]1C(C(C)(C)C)=PP=C1C(C)(C)C. The van der Waals surface area contributed by atoms with Crippen molar-refractivity contribution in [3.63, 3.8) is 0 Å². The normalized spacial score (nSPS) is 25.9. The van der Waals surface area contributed by atoms with Crippen LogP contribution < -0.4 is 0 Å². The first-order chi connectivity index (χ1) is 6.14. The molecule has 1 aliphatic heterocycles. The zero-order valence-electron chi connectivity index (χ0n) is 10.3. The van der Waals surface area contributed by atoms with Crippen LogP contribution in [-0.4, -0.2) is 36.1 Å². The van der Waals surface area contributed by atoms with Gasteiger partial charge in [-0.1, -0.05) is 0 Å². The van der Waals surface area contributed by atoms with E-state index in [1.54, 1.807) is 15.8 Å². The monoisotopic (exact) mass is 282 g/mol. The second-order valence-corrected chi connectivity index (χ2v) is 14.2. The Morgan fingerprint density at radius 1 is 0.857 bits per heavy atom. The molecule has 1 rings (SSSR count). The quantitative estimate of drug-likeness (QED) is 0.471. The van der Waals surface area contributed by atoms with E-state index in [9.17, 15) is 0 Å². The van der Waals surface area contributed by atoms with Gasteiger partial charge < -0.3 is 0 Å². The summed E-state index contributed by atoms with van der Waals surface area (Å²) in [6.45, 7) is 14.3. The van der Waals surface area contributed by atoms with Crippen molar-refractivity contribution >= 4 is 51.9 Å². The van der Waals surface area contributed by atoms with Crippen LogP contribution in [0.25, 0.3) is 0 Å². The van der Waals surface area contributed by atoms with Gasteiger partial charge in [0.25, 0.3) is 0 Å². The predicted molar refractivity (Wildman–Crippen MR) is 74.3 cm³/mol. The maximum absolute atomic E-state index is 2.53. The van der Waals surface area contributed by atoms with E-state index in [-0.39, 0.29) is 0 Å². The van der Waals surface area contributed by atoms with Crippen LogP contribution in [0.1, 0.15) is 41.5 Å². The fourth-order valence-corrected chi connectivity index (χ4v) is 18.7. The van der Waals surface area contributed by atoms with Gasteiger partial charge in [0.05, 0.1) is 0 Å². The molecular weight excluding hydrogens is 264 g/mol. The Balaban J connectivity index is 2.90. The van der Waals surface area contributed by atoms with E-state index in [1.807, 2.05) is 8.16 Å². The van der Waals surface area contributed by atoms with Crippen molar-refractivity contribution in [1.82, 2.24) is 0 Å². The van der Waals surface area contributed by atoms with Crippen molar-refractivity contribution in [2.75, 3.05) is 0 Å². The van der Waals surface area contributed by atoms with E-state index in [4.69, 9.17) is 0 Å². The van der Waals surface area contributed by atoms with Crippen LogP contribution in [0.15, 0.2) is 0 Å². The first-order valence-electron chi connectivity index (χ1n) is 5.04. The molecule has 0 spiro atoms. The van der Waals surface area contributed by atoms with Crippen LogP contribution in [0.3, 0.4) is 0 Å². The van der Waals surface area contributed by atoms with Crippen molar-refractivity contribution in [3.05, 3.63) is 0 Å². The predicted octanol–water partition coefficient (Wildman–Crippen LogP) is 3.48. The van der Waals surface area contributed by atoms with E-state index < -0.39 is 12.4 Å². The molecule has 0 nitrogen and oxygen atoms in total. The fourth-order valence-electron chi connectivity index (χ4n) is 1.64. The molecule has 74 valence electrons. The minimum absolute atomic E-state index is 0.441. The van der Waals surface area contributed by atoms with Crippen molar-refractivity contribution in [2.45, 2.75) is 41.5 Å². The van der Waals surface area contributed by atoms with Gasteiger partial charge >= 0.3 is 104 Å². The zero-order valence-corrected chi connectivity index (χ0v) is 14.0. The zero-order chi connectivity index (χ0) is 11.1. The van der Waals surface area contributed by atoms with Crippen LogP contribution in [0, 0.1) is 10.8 Å². The average molecular weight is 282 g/mol. The molecule has 0 radical (unpaired) electrons. The number of rotatable bonds is 0. The summed E-state index contributed by atoms with van der Waals surface area (Å²) in [6.07, 6.45) is 0. The van der Waals surface area contributed by atoms with E-state index in [0.717, 1.165) is 0 Å². The molecule has 0 aromatic carbocycles. The molecule has 0 aromatic rings. The summed E-state index contributed by atoms with van der Waals surface area (Å²) in [5.41, 5.74) is 0.882. The van der Waals surface area contributed by atoms with Gasteiger partial charge in [0, 0.05) is 0 Å². The molecule has 0 bridgehead atoms. The Kier molecular flexibility index (Phi) is 4.26. The number of hydrogen-bond donors (Lipinski definition) is 0. The van der Waals surface area contributed by atoms with Crippen molar-refractivity contribution < 1.29 is 0 Å².